The molecule has 0 atom stereocenters. The molecule has 0 aliphatic heterocycles. The van der Waals surface area contributed by atoms with Crippen molar-refractivity contribution in [3.8, 4) is 0 Å². The Hall–Kier alpha value is -2.38. The summed E-state index contributed by atoms with van der Waals surface area (Å²) in [4.78, 5) is 33.5. The molecule has 0 bridgehead atoms. The molecule has 0 unspecified atom stereocenters. The Balaban J connectivity index is 2.90. The smallest absolute Gasteiger partial charge is 0.352 e. The van der Waals surface area contributed by atoms with E-state index in [0.717, 1.165) is 12.3 Å². The average Bonchev–Trinajstić information content (AvgIpc) is 2.69. The summed E-state index contributed by atoms with van der Waals surface area (Å²) in [6.07, 6.45) is 1.20. The molecule has 1 aromatic heterocycles. The number of carboxylic acids is 1. The van der Waals surface area contributed by atoms with Crippen LogP contribution in [0.5, 0.6) is 0 Å². The summed E-state index contributed by atoms with van der Waals surface area (Å²) in [7, 11) is 3.16. The lowest BCUT2D eigenvalue weighted by Gasteiger charge is -2.10. The number of carbonyl (C=O) groups excluding carboxylic acids is 1. The van der Waals surface area contributed by atoms with Crippen molar-refractivity contribution in [2.75, 3.05) is 14.1 Å². The summed E-state index contributed by atoms with van der Waals surface area (Å²) >= 11 is 0. The Morgan fingerprint density at radius 3 is 2.56 bits per heavy atom. The van der Waals surface area contributed by atoms with E-state index in [1.807, 2.05) is 0 Å². The van der Waals surface area contributed by atoms with Crippen LogP contribution in [-0.4, -0.2) is 45.5 Å². The molecular weight excluding hydrogens is 242 g/mol. The van der Waals surface area contributed by atoms with Gasteiger partial charge >= 0.3 is 5.97 Å². The average molecular weight is 255 g/mol. The van der Waals surface area contributed by atoms with Crippen LogP contribution in [0.2, 0.25) is 0 Å². The fourth-order valence-electron chi connectivity index (χ4n) is 1.40. The van der Waals surface area contributed by atoms with E-state index in [1.54, 1.807) is 14.1 Å². The highest BCUT2D eigenvalue weighted by Gasteiger charge is 2.19. The number of carbonyl (C=O) groups is 2. The van der Waals surface area contributed by atoms with E-state index in [-0.39, 0.29) is 30.3 Å². The lowest BCUT2D eigenvalue weighted by atomic mass is 10.3. The molecule has 8 nitrogen and oxygen atoms in total. The monoisotopic (exact) mass is 255 g/mol. The van der Waals surface area contributed by atoms with Crippen molar-refractivity contribution in [2.24, 2.45) is 0 Å². The number of carboxylic acid groups (broad SMARTS) is 1. The maximum absolute atomic E-state index is 11.4. The SMILES string of the molecule is CN(C)C(=O)CCn1cc([N+](=O)[O-])cc1C(=O)O. The summed E-state index contributed by atoms with van der Waals surface area (Å²) in [5, 5.41) is 19.5. The van der Waals surface area contributed by atoms with Crippen molar-refractivity contribution >= 4 is 17.6 Å². The first kappa shape index (κ1) is 13.7. The minimum atomic E-state index is -1.26. The Morgan fingerprint density at radius 2 is 2.11 bits per heavy atom. The van der Waals surface area contributed by atoms with Gasteiger partial charge in [-0.15, -0.1) is 0 Å². The van der Waals surface area contributed by atoms with Gasteiger partial charge in [0.05, 0.1) is 11.1 Å². The highest BCUT2D eigenvalue weighted by atomic mass is 16.6. The molecule has 0 aromatic carbocycles. The number of aromatic nitrogens is 1. The standard InChI is InChI=1S/C10H13N3O5/c1-11(2)9(14)3-4-12-6-7(13(17)18)5-8(12)10(15)16/h5-6H,3-4H2,1-2H3,(H,15,16). The van der Waals surface area contributed by atoms with Gasteiger partial charge in [0.25, 0.3) is 5.69 Å². The molecule has 0 radical (unpaired) electrons. The first-order valence-electron chi connectivity index (χ1n) is 5.11. The van der Waals surface area contributed by atoms with Gasteiger partial charge in [-0.1, -0.05) is 0 Å². The molecule has 0 saturated carbocycles. The fourth-order valence-corrected chi connectivity index (χ4v) is 1.40. The van der Waals surface area contributed by atoms with Gasteiger partial charge in [-0.05, 0) is 0 Å². The maximum Gasteiger partial charge on any atom is 0.352 e. The van der Waals surface area contributed by atoms with Gasteiger partial charge < -0.3 is 14.6 Å². The summed E-state index contributed by atoms with van der Waals surface area (Å²) in [6, 6.07) is 0.975. The highest BCUT2D eigenvalue weighted by molar-refractivity contribution is 5.87. The second-order valence-electron chi connectivity index (χ2n) is 3.88. The lowest BCUT2D eigenvalue weighted by Crippen LogP contribution is -2.23. The van der Waals surface area contributed by atoms with Gasteiger partial charge in [-0.2, -0.15) is 0 Å². The number of hydrogen-bond donors (Lipinski definition) is 1. The Labute approximate surface area is 103 Å². The highest BCUT2D eigenvalue weighted by Crippen LogP contribution is 2.17. The van der Waals surface area contributed by atoms with Gasteiger partial charge in [0.2, 0.25) is 5.91 Å². The summed E-state index contributed by atoms with van der Waals surface area (Å²) in [5.74, 6) is -1.44. The van der Waals surface area contributed by atoms with Crippen LogP contribution in [0.25, 0.3) is 0 Å². The number of hydrogen-bond acceptors (Lipinski definition) is 4. The topological polar surface area (TPSA) is 106 Å². The Bertz CT molecular complexity index is 492. The van der Waals surface area contributed by atoms with Gasteiger partial charge in [0.15, 0.2) is 0 Å². The molecule has 1 heterocycles. The summed E-state index contributed by atoms with van der Waals surface area (Å²) in [5.41, 5.74) is -0.502. The van der Waals surface area contributed by atoms with Crippen LogP contribution < -0.4 is 0 Å². The predicted octanol–water partition coefficient (Wildman–Crippen LogP) is 0.573. The normalized spacial score (nSPS) is 10.1. The number of rotatable bonds is 5. The van der Waals surface area contributed by atoms with Gasteiger partial charge in [-0.3, -0.25) is 14.9 Å². The summed E-state index contributed by atoms with van der Waals surface area (Å²) < 4.78 is 1.20. The van der Waals surface area contributed by atoms with Crippen molar-refractivity contribution < 1.29 is 19.6 Å². The number of aromatic carboxylic acids is 1. The minimum Gasteiger partial charge on any atom is -0.477 e. The van der Waals surface area contributed by atoms with Crippen molar-refractivity contribution in [1.29, 1.82) is 0 Å². The van der Waals surface area contributed by atoms with Gasteiger partial charge in [-0.25, -0.2) is 4.79 Å². The van der Waals surface area contributed by atoms with Crippen LogP contribution in [0.4, 0.5) is 5.69 Å². The lowest BCUT2D eigenvalue weighted by molar-refractivity contribution is -0.384. The zero-order valence-corrected chi connectivity index (χ0v) is 9.99. The van der Waals surface area contributed by atoms with Crippen LogP contribution in [0.15, 0.2) is 12.3 Å². The molecule has 1 aromatic rings. The second kappa shape index (κ2) is 5.30. The van der Waals surface area contributed by atoms with E-state index in [4.69, 9.17) is 5.11 Å². The van der Waals surface area contributed by atoms with Crippen LogP contribution in [0, 0.1) is 10.1 Å². The minimum absolute atomic E-state index is 0.0825. The van der Waals surface area contributed by atoms with Crippen molar-refractivity contribution in [2.45, 2.75) is 13.0 Å². The van der Waals surface area contributed by atoms with Crippen molar-refractivity contribution in [3.63, 3.8) is 0 Å². The third-order valence-electron chi connectivity index (χ3n) is 2.38. The number of aryl methyl sites for hydroxylation is 1. The Kier molecular flexibility index (Phi) is 4.03. The quantitative estimate of drug-likeness (QED) is 0.611. The van der Waals surface area contributed by atoms with Crippen molar-refractivity contribution in [3.05, 3.63) is 28.1 Å². The fraction of sp³-hybridized carbons (Fsp3) is 0.400. The zero-order chi connectivity index (χ0) is 13.9. The third kappa shape index (κ3) is 3.06. The molecular formula is C10H13N3O5. The Morgan fingerprint density at radius 1 is 1.50 bits per heavy atom. The van der Waals surface area contributed by atoms with Crippen LogP contribution in [0.1, 0.15) is 16.9 Å². The van der Waals surface area contributed by atoms with Gasteiger partial charge in [0, 0.05) is 33.1 Å². The maximum atomic E-state index is 11.4. The third-order valence-corrected chi connectivity index (χ3v) is 2.38. The van der Waals surface area contributed by atoms with Crippen LogP contribution in [-0.2, 0) is 11.3 Å². The predicted molar refractivity (Wildman–Crippen MR) is 61.4 cm³/mol. The molecule has 1 rings (SSSR count). The molecule has 1 amide bonds. The van der Waals surface area contributed by atoms with E-state index in [2.05, 4.69) is 0 Å². The molecule has 1 N–H and O–H groups in total. The molecule has 18 heavy (non-hydrogen) atoms. The number of amides is 1. The van der Waals surface area contributed by atoms with E-state index < -0.39 is 10.9 Å². The van der Waals surface area contributed by atoms with Crippen LogP contribution >= 0.6 is 0 Å². The first-order chi connectivity index (χ1) is 8.32. The first-order valence-corrected chi connectivity index (χ1v) is 5.11. The molecule has 0 aliphatic rings. The second-order valence-corrected chi connectivity index (χ2v) is 3.88. The number of nitrogens with zero attached hydrogens (tertiary/aromatic N) is 3. The molecule has 0 fully saturated rings. The molecule has 0 saturated heterocycles. The summed E-state index contributed by atoms with van der Waals surface area (Å²) in [6.45, 7) is 0.0898. The number of nitro groups is 1. The molecule has 0 spiro atoms. The molecule has 0 aliphatic carbocycles. The van der Waals surface area contributed by atoms with Crippen molar-refractivity contribution in [1.82, 2.24) is 9.47 Å². The largest absolute Gasteiger partial charge is 0.477 e. The van der Waals surface area contributed by atoms with E-state index in [1.165, 1.54) is 9.47 Å². The zero-order valence-electron chi connectivity index (χ0n) is 9.99. The van der Waals surface area contributed by atoms with E-state index in [0.29, 0.717) is 0 Å². The van der Waals surface area contributed by atoms with Gasteiger partial charge in [0.1, 0.15) is 5.69 Å². The van der Waals surface area contributed by atoms with E-state index in [9.17, 15) is 19.7 Å². The molecule has 98 valence electrons. The molecule has 8 heteroatoms. The van der Waals surface area contributed by atoms with Crippen LogP contribution in [0.3, 0.4) is 0 Å². The van der Waals surface area contributed by atoms with E-state index >= 15 is 0 Å².